The number of nitrogens with zero attached hydrogens (tertiary/aromatic N) is 5. The van der Waals surface area contributed by atoms with Gasteiger partial charge in [-0.05, 0) is 51.4 Å². The van der Waals surface area contributed by atoms with Gasteiger partial charge >= 0.3 is 6.09 Å². The zero-order chi connectivity index (χ0) is 36.0. The van der Waals surface area contributed by atoms with Crippen molar-refractivity contribution in [2.75, 3.05) is 10.7 Å². The van der Waals surface area contributed by atoms with Gasteiger partial charge < -0.3 is 24.6 Å². The van der Waals surface area contributed by atoms with E-state index in [9.17, 15) is 19.5 Å². The average molecular weight is 721 g/mol. The smallest absolute Gasteiger partial charge is 0.408 e. The molecule has 2 fully saturated rings. The van der Waals surface area contributed by atoms with E-state index in [1.165, 1.54) is 11.8 Å². The Bertz CT molecular complexity index is 2010. The van der Waals surface area contributed by atoms with Crippen LogP contribution in [0.15, 0.2) is 114 Å². The monoisotopic (exact) mass is 720 g/mol. The Morgan fingerprint density at radius 2 is 1.63 bits per heavy atom. The second-order valence-corrected chi connectivity index (χ2v) is 13.5. The lowest BCUT2D eigenvalue weighted by molar-refractivity contribution is -0.268. The molecule has 52 heavy (non-hydrogen) atoms. The predicted octanol–water partition coefficient (Wildman–Crippen LogP) is 5.30. The summed E-state index contributed by atoms with van der Waals surface area (Å²) in [5.74, 6) is -0.633. The minimum absolute atomic E-state index is 0.0312. The van der Waals surface area contributed by atoms with E-state index in [0.29, 0.717) is 22.2 Å². The predicted molar refractivity (Wildman–Crippen MR) is 190 cm³/mol. The number of tetrazole rings is 1. The molecule has 2 aliphatic rings. The van der Waals surface area contributed by atoms with Crippen molar-refractivity contribution in [3.8, 4) is 5.69 Å². The van der Waals surface area contributed by atoms with Crippen LogP contribution in [0.2, 0.25) is 0 Å². The first-order valence-corrected chi connectivity index (χ1v) is 17.8. The van der Waals surface area contributed by atoms with E-state index in [1.807, 2.05) is 91.0 Å². The van der Waals surface area contributed by atoms with E-state index in [-0.39, 0.29) is 31.7 Å². The third-order valence-corrected chi connectivity index (χ3v) is 10.0. The minimum Gasteiger partial charge on any atom is -0.445 e. The highest BCUT2D eigenvalue weighted by Gasteiger charge is 2.42. The number of para-hydroxylation sites is 1. The van der Waals surface area contributed by atoms with Gasteiger partial charge in [-0.15, -0.1) is 5.10 Å². The van der Waals surface area contributed by atoms with Crippen molar-refractivity contribution in [2.45, 2.75) is 56.3 Å². The van der Waals surface area contributed by atoms with E-state index < -0.39 is 36.3 Å². The first kappa shape index (κ1) is 35.0. The number of hydrogen-bond donors (Lipinski definition) is 2. The van der Waals surface area contributed by atoms with Crippen molar-refractivity contribution in [3.63, 3.8) is 0 Å². The van der Waals surface area contributed by atoms with Crippen LogP contribution < -0.4 is 10.2 Å². The molecule has 1 aromatic heterocycles. The first-order chi connectivity index (χ1) is 25.4. The number of nitrogens with one attached hydrogen (secondary N) is 1. The van der Waals surface area contributed by atoms with Crippen LogP contribution in [0.25, 0.3) is 5.69 Å². The molecule has 0 bridgehead atoms. The number of aliphatic hydroxyl groups excluding tert-OH is 1. The molecule has 0 spiro atoms. The van der Waals surface area contributed by atoms with Gasteiger partial charge in [0.1, 0.15) is 12.6 Å². The van der Waals surface area contributed by atoms with Gasteiger partial charge in [-0.3, -0.25) is 9.59 Å². The highest BCUT2D eigenvalue weighted by Crippen LogP contribution is 2.43. The lowest BCUT2D eigenvalue weighted by Crippen LogP contribution is -2.42. The molecule has 0 radical (unpaired) electrons. The van der Waals surface area contributed by atoms with Crippen LogP contribution >= 0.6 is 11.8 Å². The molecule has 13 nitrogen and oxygen atoms in total. The molecular weight excluding hydrogens is 685 g/mol. The minimum atomic E-state index is -1.07. The van der Waals surface area contributed by atoms with Gasteiger partial charge in [0.05, 0.1) is 36.6 Å². The maximum absolute atomic E-state index is 13.5. The van der Waals surface area contributed by atoms with Gasteiger partial charge in [0, 0.05) is 17.2 Å². The van der Waals surface area contributed by atoms with Crippen molar-refractivity contribution >= 4 is 35.4 Å². The normalized spacial score (nSPS) is 21.7. The summed E-state index contributed by atoms with van der Waals surface area (Å²) in [6, 6.07) is 32.2. The maximum Gasteiger partial charge on any atom is 0.408 e. The number of rotatable bonds is 11. The molecule has 3 amide bonds. The lowest BCUT2D eigenvalue weighted by Gasteiger charge is -2.41. The Balaban J connectivity index is 1.09. The van der Waals surface area contributed by atoms with E-state index in [2.05, 4.69) is 27.8 Å². The molecule has 3 heterocycles. The molecule has 2 saturated heterocycles. The highest BCUT2D eigenvalue weighted by atomic mass is 32.2. The fourth-order valence-electron chi connectivity index (χ4n) is 6.20. The largest absolute Gasteiger partial charge is 0.445 e. The van der Waals surface area contributed by atoms with Crippen molar-refractivity contribution in [1.82, 2.24) is 25.5 Å². The molecule has 5 aromatic rings. The Labute approximate surface area is 303 Å². The van der Waals surface area contributed by atoms with Crippen molar-refractivity contribution in [1.29, 1.82) is 0 Å². The summed E-state index contributed by atoms with van der Waals surface area (Å²) >= 11 is 1.46. The van der Waals surface area contributed by atoms with Gasteiger partial charge in [0.25, 0.3) is 5.91 Å². The topological polar surface area (TPSA) is 158 Å². The zero-order valence-electron chi connectivity index (χ0n) is 28.1. The molecule has 2 aliphatic heterocycles. The zero-order valence-corrected chi connectivity index (χ0v) is 29.0. The van der Waals surface area contributed by atoms with E-state index >= 15 is 0 Å². The van der Waals surface area contributed by atoms with Crippen LogP contribution in [-0.2, 0) is 37.0 Å². The van der Waals surface area contributed by atoms with Crippen molar-refractivity contribution in [3.05, 3.63) is 131 Å². The van der Waals surface area contributed by atoms with E-state index in [0.717, 1.165) is 27.3 Å². The molecule has 5 atom stereocenters. The number of amides is 3. The molecular formula is C38H36N6O7S. The maximum atomic E-state index is 13.5. The van der Waals surface area contributed by atoms with E-state index in [4.69, 9.17) is 14.2 Å². The van der Waals surface area contributed by atoms with Crippen LogP contribution in [-0.4, -0.2) is 61.1 Å². The second-order valence-electron chi connectivity index (χ2n) is 12.5. The average Bonchev–Trinajstić information content (AvgIpc) is 3.77. The van der Waals surface area contributed by atoms with Gasteiger partial charge in [-0.1, -0.05) is 104 Å². The van der Waals surface area contributed by atoms with Crippen molar-refractivity contribution in [2.24, 2.45) is 5.92 Å². The molecule has 4 aromatic carbocycles. The number of aliphatic hydroxyl groups is 1. The van der Waals surface area contributed by atoms with Gasteiger partial charge in [-0.25, -0.2) is 9.69 Å². The third-order valence-electron chi connectivity index (χ3n) is 8.99. The van der Waals surface area contributed by atoms with Gasteiger partial charge in [-0.2, -0.15) is 4.68 Å². The fourth-order valence-corrected chi connectivity index (χ4v) is 7.25. The molecule has 266 valence electrons. The summed E-state index contributed by atoms with van der Waals surface area (Å²) in [6.07, 6.45) is -2.57. The summed E-state index contributed by atoms with van der Waals surface area (Å²) in [7, 11) is 0. The summed E-state index contributed by atoms with van der Waals surface area (Å²) in [6.45, 7) is 2.01. The summed E-state index contributed by atoms with van der Waals surface area (Å²) in [4.78, 5) is 40.2. The number of imide groups is 1. The Morgan fingerprint density at radius 3 is 2.38 bits per heavy atom. The van der Waals surface area contributed by atoms with Crippen LogP contribution in [0.4, 0.5) is 10.5 Å². The Kier molecular flexibility index (Phi) is 10.7. The molecule has 0 aliphatic carbocycles. The SMILES string of the molecule is C[C@H]1[C@@H](CSc2nnnn2-c2ccccc2)O[C@@H](c2cccc(N3C(=O)CC(NC(=O)OCc4ccccc4)C3=O)c2)O[C@H]1c1ccc(CO)cc1. The number of alkyl carbamates (subject to hydrolysis) is 1. The summed E-state index contributed by atoms with van der Waals surface area (Å²) in [5, 5.41) is 25.1. The number of anilines is 1. The summed E-state index contributed by atoms with van der Waals surface area (Å²) in [5.41, 5.74) is 4.26. The standard InChI is InChI=1S/C38H36N6O7S/c1-24-32(23-52-37-40-41-42-44(37)29-12-6-3-7-13-29)50-36(51-34(24)27-17-15-25(21-45)16-18-27)28-11-8-14-30(19-28)43-33(46)20-31(35(43)47)39-38(48)49-22-26-9-4-2-5-10-26/h2-19,24,31-32,34,36,45H,20-23H2,1H3,(H,39,48)/t24-,31?,32+,34+,36+/m0/s1. The fraction of sp³-hybridized carbons (Fsp3) is 0.263. The number of benzene rings is 4. The Morgan fingerprint density at radius 1 is 0.904 bits per heavy atom. The van der Waals surface area contributed by atoms with Gasteiger partial charge in [0.2, 0.25) is 11.1 Å². The van der Waals surface area contributed by atoms with Gasteiger partial charge in [0.15, 0.2) is 6.29 Å². The second kappa shape index (κ2) is 15.9. The van der Waals surface area contributed by atoms with E-state index in [1.54, 1.807) is 22.9 Å². The molecule has 2 N–H and O–H groups in total. The molecule has 0 saturated carbocycles. The third kappa shape index (κ3) is 7.75. The van der Waals surface area contributed by atoms with Crippen LogP contribution in [0.1, 0.15) is 48.0 Å². The van der Waals surface area contributed by atoms with Crippen LogP contribution in [0, 0.1) is 5.92 Å². The number of carbonyl (C=O) groups excluding carboxylic acids is 3. The number of thioether (sulfide) groups is 1. The molecule has 14 heteroatoms. The first-order valence-electron chi connectivity index (χ1n) is 16.8. The van der Waals surface area contributed by atoms with Crippen LogP contribution in [0.3, 0.4) is 0 Å². The molecule has 1 unspecified atom stereocenters. The quantitative estimate of drug-likeness (QED) is 0.135. The lowest BCUT2D eigenvalue weighted by atomic mass is 9.91. The number of ether oxygens (including phenoxy) is 3. The Hall–Kier alpha value is -5.41. The highest BCUT2D eigenvalue weighted by molar-refractivity contribution is 7.99. The molecule has 7 rings (SSSR count). The van der Waals surface area contributed by atoms with Crippen LogP contribution in [0.5, 0.6) is 0 Å². The number of hydrogen-bond acceptors (Lipinski definition) is 11. The van der Waals surface area contributed by atoms with Crippen molar-refractivity contribution < 1.29 is 33.7 Å². The number of carbonyl (C=O) groups is 3. The summed E-state index contributed by atoms with van der Waals surface area (Å²) < 4.78 is 20.2. The number of aromatic nitrogens is 4.